The molecule has 0 aliphatic rings. The Kier molecular flexibility index (Phi) is 4.31. The molecule has 0 bridgehead atoms. The molecule has 0 spiro atoms. The first-order chi connectivity index (χ1) is 9.95. The molecule has 1 unspecified atom stereocenters. The summed E-state index contributed by atoms with van der Waals surface area (Å²) >= 11 is 0. The molecule has 5 heteroatoms. The van der Waals surface area contributed by atoms with Crippen molar-refractivity contribution in [2.45, 2.75) is 32.8 Å². The predicted octanol–water partition coefficient (Wildman–Crippen LogP) is 2.13. The van der Waals surface area contributed by atoms with E-state index in [1.807, 2.05) is 6.92 Å². The van der Waals surface area contributed by atoms with Crippen LogP contribution >= 0.6 is 0 Å². The normalized spacial score (nSPS) is 12.3. The van der Waals surface area contributed by atoms with Crippen LogP contribution in [0.15, 0.2) is 29.1 Å². The second-order valence-corrected chi connectivity index (χ2v) is 5.09. The number of carbonyl (C=O) groups is 1. The molecule has 0 saturated heterocycles. The van der Waals surface area contributed by atoms with Crippen LogP contribution in [0.3, 0.4) is 0 Å². The van der Waals surface area contributed by atoms with E-state index in [1.165, 1.54) is 4.57 Å². The number of rotatable bonds is 4. The van der Waals surface area contributed by atoms with Gasteiger partial charge in [0.05, 0.1) is 23.6 Å². The van der Waals surface area contributed by atoms with E-state index in [1.54, 1.807) is 38.2 Å². The van der Waals surface area contributed by atoms with Crippen molar-refractivity contribution in [2.75, 3.05) is 0 Å². The minimum Gasteiger partial charge on any atom is -0.507 e. The molecule has 1 aromatic carbocycles. The molecule has 0 amide bonds. The fourth-order valence-electron chi connectivity index (χ4n) is 2.20. The average Bonchev–Trinajstić information content (AvgIpc) is 2.49. The van der Waals surface area contributed by atoms with E-state index in [-0.39, 0.29) is 29.4 Å². The molecule has 1 N–H and O–H groups in total. The van der Waals surface area contributed by atoms with E-state index in [0.29, 0.717) is 17.3 Å². The molecule has 0 radical (unpaired) electrons. The maximum Gasteiger partial charge on any atom is 0.310 e. The molecule has 2 rings (SSSR count). The number of hydrogen-bond donors (Lipinski definition) is 1. The molecule has 0 saturated carbocycles. The minimum absolute atomic E-state index is 0.0736. The summed E-state index contributed by atoms with van der Waals surface area (Å²) in [6, 6.07) is 7.02. The van der Waals surface area contributed by atoms with Gasteiger partial charge in [-0.1, -0.05) is 19.1 Å². The second kappa shape index (κ2) is 5.99. The molecular weight excluding hydrogens is 270 g/mol. The lowest BCUT2D eigenvalue weighted by atomic mass is 10.1. The van der Waals surface area contributed by atoms with Crippen LogP contribution in [0, 0.1) is 0 Å². The number of para-hydroxylation sites is 1. The van der Waals surface area contributed by atoms with E-state index < -0.39 is 5.97 Å². The first-order valence-electron chi connectivity index (χ1n) is 6.94. The fraction of sp³-hybridized carbons (Fsp3) is 0.375. The molecule has 21 heavy (non-hydrogen) atoms. The molecule has 0 aliphatic heterocycles. The Morgan fingerprint density at radius 3 is 2.71 bits per heavy atom. The summed E-state index contributed by atoms with van der Waals surface area (Å²) in [6.07, 6.45) is 0.269. The monoisotopic (exact) mass is 289 g/mol. The standard InChI is InChI=1S/C16H19NO4/c1-4-10(2)21-14(18)9-12-15(19)11-7-5-6-8-13(11)17(3)16(12)20/h5-8,10,19H,4,9H2,1-3H3. The number of aromatic nitrogens is 1. The average molecular weight is 289 g/mol. The second-order valence-electron chi connectivity index (χ2n) is 5.09. The van der Waals surface area contributed by atoms with Crippen molar-refractivity contribution in [3.05, 3.63) is 40.2 Å². The molecule has 1 atom stereocenters. The van der Waals surface area contributed by atoms with E-state index in [4.69, 9.17) is 4.74 Å². The maximum atomic E-state index is 12.3. The zero-order valence-electron chi connectivity index (χ0n) is 12.4. The van der Waals surface area contributed by atoms with Crippen LogP contribution in [-0.2, 0) is 23.0 Å². The number of fused-ring (bicyclic) bond motifs is 1. The van der Waals surface area contributed by atoms with Crippen LogP contribution in [0.2, 0.25) is 0 Å². The zero-order chi connectivity index (χ0) is 15.6. The highest BCUT2D eigenvalue weighted by Gasteiger charge is 2.18. The van der Waals surface area contributed by atoms with E-state index >= 15 is 0 Å². The number of aryl methyl sites for hydroxylation is 1. The Balaban J connectivity index is 2.45. The van der Waals surface area contributed by atoms with Crippen molar-refractivity contribution >= 4 is 16.9 Å². The summed E-state index contributed by atoms with van der Waals surface area (Å²) < 4.78 is 6.60. The molecular formula is C16H19NO4. The van der Waals surface area contributed by atoms with Gasteiger partial charge >= 0.3 is 5.97 Å². The molecule has 2 aromatic rings. The Morgan fingerprint density at radius 2 is 2.05 bits per heavy atom. The molecule has 1 aromatic heterocycles. The quantitative estimate of drug-likeness (QED) is 0.875. The van der Waals surface area contributed by atoms with Gasteiger partial charge in [0.25, 0.3) is 5.56 Å². The smallest absolute Gasteiger partial charge is 0.310 e. The van der Waals surface area contributed by atoms with Crippen molar-refractivity contribution in [3.8, 4) is 5.75 Å². The van der Waals surface area contributed by atoms with Crippen LogP contribution in [0.5, 0.6) is 5.75 Å². The van der Waals surface area contributed by atoms with Crippen LogP contribution in [0.1, 0.15) is 25.8 Å². The van der Waals surface area contributed by atoms with Gasteiger partial charge in [0.15, 0.2) is 0 Å². The van der Waals surface area contributed by atoms with Gasteiger partial charge in [-0.3, -0.25) is 9.59 Å². The predicted molar refractivity (Wildman–Crippen MR) is 80.4 cm³/mol. The Labute approximate surface area is 122 Å². The summed E-state index contributed by atoms with van der Waals surface area (Å²) in [5.74, 6) is -0.651. The first kappa shape index (κ1) is 15.1. The van der Waals surface area contributed by atoms with Gasteiger partial charge in [-0.25, -0.2) is 0 Å². The molecule has 112 valence electrons. The van der Waals surface area contributed by atoms with Crippen LogP contribution in [-0.4, -0.2) is 21.7 Å². The van der Waals surface area contributed by atoms with Gasteiger partial charge in [0, 0.05) is 12.4 Å². The SMILES string of the molecule is CCC(C)OC(=O)Cc1c(O)c2ccccc2n(C)c1=O. The third-order valence-corrected chi connectivity index (χ3v) is 3.60. The first-order valence-corrected chi connectivity index (χ1v) is 6.94. The summed E-state index contributed by atoms with van der Waals surface area (Å²) in [5, 5.41) is 10.8. The van der Waals surface area contributed by atoms with Gasteiger partial charge in [-0.2, -0.15) is 0 Å². The Bertz CT molecular complexity index is 733. The highest BCUT2D eigenvalue weighted by Crippen LogP contribution is 2.26. The number of esters is 1. The largest absolute Gasteiger partial charge is 0.507 e. The van der Waals surface area contributed by atoms with Crippen molar-refractivity contribution < 1.29 is 14.6 Å². The van der Waals surface area contributed by atoms with Gasteiger partial charge < -0.3 is 14.4 Å². The summed E-state index contributed by atoms with van der Waals surface area (Å²) in [4.78, 5) is 24.1. The number of nitrogens with zero attached hydrogens (tertiary/aromatic N) is 1. The van der Waals surface area contributed by atoms with Gasteiger partial charge in [0.2, 0.25) is 0 Å². The Morgan fingerprint density at radius 1 is 1.38 bits per heavy atom. The number of pyridine rings is 1. The van der Waals surface area contributed by atoms with Crippen molar-refractivity contribution in [1.82, 2.24) is 4.57 Å². The van der Waals surface area contributed by atoms with Gasteiger partial charge in [-0.15, -0.1) is 0 Å². The van der Waals surface area contributed by atoms with Gasteiger partial charge in [0.1, 0.15) is 5.75 Å². The summed E-state index contributed by atoms with van der Waals surface area (Å²) in [7, 11) is 1.62. The molecule has 1 heterocycles. The zero-order valence-corrected chi connectivity index (χ0v) is 12.4. The number of benzene rings is 1. The molecule has 0 fully saturated rings. The number of aromatic hydroxyl groups is 1. The topological polar surface area (TPSA) is 68.5 Å². The van der Waals surface area contributed by atoms with Crippen LogP contribution < -0.4 is 5.56 Å². The molecule has 0 aliphatic carbocycles. The third kappa shape index (κ3) is 2.91. The summed E-state index contributed by atoms with van der Waals surface area (Å²) in [5.41, 5.74) is 0.316. The highest BCUT2D eigenvalue weighted by atomic mass is 16.5. The Hall–Kier alpha value is -2.30. The van der Waals surface area contributed by atoms with E-state index in [0.717, 1.165) is 0 Å². The fourth-order valence-corrected chi connectivity index (χ4v) is 2.20. The lowest BCUT2D eigenvalue weighted by Gasteiger charge is -2.13. The number of ether oxygens (including phenoxy) is 1. The van der Waals surface area contributed by atoms with E-state index in [9.17, 15) is 14.7 Å². The maximum absolute atomic E-state index is 12.3. The molecule has 5 nitrogen and oxygen atoms in total. The van der Waals surface area contributed by atoms with Gasteiger partial charge in [-0.05, 0) is 25.5 Å². The third-order valence-electron chi connectivity index (χ3n) is 3.60. The summed E-state index contributed by atoms with van der Waals surface area (Å²) in [6.45, 7) is 3.70. The van der Waals surface area contributed by atoms with Crippen LogP contribution in [0.4, 0.5) is 0 Å². The number of hydrogen-bond acceptors (Lipinski definition) is 4. The highest BCUT2D eigenvalue weighted by molar-refractivity contribution is 5.87. The lowest BCUT2D eigenvalue weighted by Crippen LogP contribution is -2.25. The lowest BCUT2D eigenvalue weighted by molar-refractivity contribution is -0.147. The van der Waals surface area contributed by atoms with Crippen molar-refractivity contribution in [2.24, 2.45) is 7.05 Å². The van der Waals surface area contributed by atoms with Crippen molar-refractivity contribution in [3.63, 3.8) is 0 Å². The van der Waals surface area contributed by atoms with Crippen molar-refractivity contribution in [1.29, 1.82) is 0 Å². The van der Waals surface area contributed by atoms with E-state index in [2.05, 4.69) is 0 Å². The van der Waals surface area contributed by atoms with Crippen LogP contribution in [0.25, 0.3) is 10.9 Å². The minimum atomic E-state index is -0.507. The number of carbonyl (C=O) groups excluding carboxylic acids is 1.